The first-order chi connectivity index (χ1) is 15.9. The Morgan fingerprint density at radius 2 is 1.91 bits per heavy atom. The summed E-state index contributed by atoms with van der Waals surface area (Å²) in [7, 11) is -0.401. The number of nitrogens with one attached hydrogen (secondary N) is 1. The smallest absolute Gasteiger partial charge is 0.351 e. The molecule has 1 aliphatic carbocycles. The first-order valence-electron chi connectivity index (χ1n) is 10.4. The standard InChI is InChI=1S/C22H22F3N3O4S2/c1-28(2)20(29)9-5-13-3-6-14(7-4-13)15-11-16(15)27-34(30,31)21-10-8-18(33-21)17-12-19(32-26-17)22(23,24)25/h3-4,6-8,10,12,15-16,27H,5,9,11H2,1-2H3/t15-,16+/m1/s1. The van der Waals surface area contributed by atoms with Gasteiger partial charge in [-0.15, -0.1) is 11.3 Å². The number of carbonyl (C=O) groups is 1. The lowest BCUT2D eigenvalue weighted by Gasteiger charge is -2.10. The number of carbonyl (C=O) groups excluding carboxylic acids is 1. The number of aromatic nitrogens is 1. The van der Waals surface area contributed by atoms with E-state index in [-0.39, 0.29) is 32.6 Å². The number of benzene rings is 1. The Bertz CT molecular complexity index is 1280. The summed E-state index contributed by atoms with van der Waals surface area (Å²) in [6.45, 7) is 0. The minimum atomic E-state index is -4.66. The highest BCUT2D eigenvalue weighted by molar-refractivity contribution is 7.91. The number of nitrogens with zero attached hydrogens (tertiary/aromatic N) is 2. The Balaban J connectivity index is 1.36. The van der Waals surface area contributed by atoms with Gasteiger partial charge in [0.2, 0.25) is 21.7 Å². The van der Waals surface area contributed by atoms with E-state index in [4.69, 9.17) is 0 Å². The lowest BCUT2D eigenvalue weighted by Crippen LogP contribution is -2.26. The van der Waals surface area contributed by atoms with E-state index in [0.717, 1.165) is 28.5 Å². The number of rotatable bonds is 8. The number of hydrogen-bond donors (Lipinski definition) is 1. The lowest BCUT2D eigenvalue weighted by atomic mass is 10.0. The third kappa shape index (κ3) is 5.50. The second-order valence-electron chi connectivity index (χ2n) is 8.29. The molecule has 2 heterocycles. The fraction of sp³-hybridized carbons (Fsp3) is 0.364. The van der Waals surface area contributed by atoms with Crippen LogP contribution >= 0.6 is 11.3 Å². The van der Waals surface area contributed by atoms with Gasteiger partial charge in [-0.3, -0.25) is 4.79 Å². The van der Waals surface area contributed by atoms with E-state index in [0.29, 0.717) is 19.3 Å². The molecule has 0 radical (unpaired) electrons. The van der Waals surface area contributed by atoms with E-state index in [9.17, 15) is 26.4 Å². The van der Waals surface area contributed by atoms with Crippen molar-refractivity contribution >= 4 is 27.3 Å². The Morgan fingerprint density at radius 1 is 1.21 bits per heavy atom. The molecule has 34 heavy (non-hydrogen) atoms. The quantitative estimate of drug-likeness (QED) is 0.486. The molecule has 1 amide bonds. The molecule has 1 aromatic carbocycles. The first kappa shape index (κ1) is 24.4. The maximum absolute atomic E-state index is 12.8. The molecule has 4 rings (SSSR count). The van der Waals surface area contributed by atoms with Crippen LogP contribution in [0.25, 0.3) is 10.6 Å². The highest BCUT2D eigenvalue weighted by Crippen LogP contribution is 2.42. The molecular formula is C22H22F3N3O4S2. The molecule has 0 saturated heterocycles. The van der Waals surface area contributed by atoms with Crippen LogP contribution in [0.5, 0.6) is 0 Å². The van der Waals surface area contributed by atoms with E-state index < -0.39 is 22.0 Å². The Morgan fingerprint density at radius 3 is 2.53 bits per heavy atom. The average molecular weight is 514 g/mol. The van der Waals surface area contributed by atoms with Crippen molar-refractivity contribution in [2.75, 3.05) is 14.1 Å². The minimum absolute atomic E-state index is 0.00869. The molecule has 2 aromatic heterocycles. The highest BCUT2D eigenvalue weighted by atomic mass is 32.2. The number of sulfonamides is 1. The van der Waals surface area contributed by atoms with Crippen LogP contribution < -0.4 is 4.72 Å². The molecule has 1 N–H and O–H groups in total. The van der Waals surface area contributed by atoms with Crippen molar-refractivity contribution in [2.24, 2.45) is 0 Å². The van der Waals surface area contributed by atoms with Crippen molar-refractivity contribution in [3.63, 3.8) is 0 Å². The van der Waals surface area contributed by atoms with Crippen LogP contribution in [0.4, 0.5) is 13.2 Å². The normalized spacial score (nSPS) is 18.1. The van der Waals surface area contributed by atoms with Gasteiger partial charge in [0, 0.05) is 38.5 Å². The number of amides is 1. The zero-order chi connectivity index (χ0) is 24.7. The molecule has 1 fully saturated rings. The van der Waals surface area contributed by atoms with E-state index in [1.807, 2.05) is 24.3 Å². The highest BCUT2D eigenvalue weighted by Gasteiger charge is 2.42. The molecular weight excluding hydrogens is 491 g/mol. The van der Waals surface area contributed by atoms with Crippen molar-refractivity contribution in [1.82, 2.24) is 14.8 Å². The molecule has 3 aromatic rings. The zero-order valence-corrected chi connectivity index (χ0v) is 19.9. The fourth-order valence-corrected chi connectivity index (χ4v) is 6.05. The van der Waals surface area contributed by atoms with Crippen molar-refractivity contribution in [3.05, 3.63) is 59.4 Å². The second-order valence-corrected chi connectivity index (χ2v) is 11.3. The van der Waals surface area contributed by atoms with E-state index in [1.165, 1.54) is 12.1 Å². The van der Waals surface area contributed by atoms with Gasteiger partial charge in [-0.05, 0) is 36.1 Å². The van der Waals surface area contributed by atoms with Crippen molar-refractivity contribution in [1.29, 1.82) is 0 Å². The number of halogens is 3. The molecule has 0 spiro atoms. The number of aryl methyl sites for hydroxylation is 1. The van der Waals surface area contributed by atoms with Gasteiger partial charge in [-0.25, -0.2) is 13.1 Å². The van der Waals surface area contributed by atoms with Gasteiger partial charge >= 0.3 is 6.18 Å². The molecule has 0 unspecified atom stereocenters. The number of hydrogen-bond acceptors (Lipinski definition) is 6. The SMILES string of the molecule is CN(C)C(=O)CCc1ccc([C@H]2C[C@@H]2NS(=O)(=O)c2ccc(-c3cc(C(F)(F)F)on3)s2)cc1. The van der Waals surface area contributed by atoms with Crippen molar-refractivity contribution < 1.29 is 30.9 Å². The minimum Gasteiger partial charge on any atom is -0.351 e. The van der Waals surface area contributed by atoms with Gasteiger partial charge in [0.15, 0.2) is 0 Å². The maximum Gasteiger partial charge on any atom is 0.452 e. The molecule has 2 atom stereocenters. The number of alkyl halides is 3. The molecule has 1 saturated carbocycles. The van der Waals surface area contributed by atoms with Gasteiger partial charge in [0.1, 0.15) is 9.90 Å². The predicted octanol–water partition coefficient (Wildman–Crippen LogP) is 4.28. The van der Waals surface area contributed by atoms with Crippen molar-refractivity contribution in [3.8, 4) is 10.6 Å². The Labute approximate surface area is 198 Å². The number of thiophene rings is 1. The Hall–Kier alpha value is -2.70. The summed E-state index contributed by atoms with van der Waals surface area (Å²) < 4.78 is 70.6. The van der Waals surface area contributed by atoms with Crippen LogP contribution in [-0.4, -0.2) is 44.5 Å². The van der Waals surface area contributed by atoms with Gasteiger partial charge in [-0.1, -0.05) is 29.4 Å². The van der Waals surface area contributed by atoms with Crippen LogP contribution in [0.2, 0.25) is 0 Å². The molecule has 7 nitrogen and oxygen atoms in total. The summed E-state index contributed by atoms with van der Waals surface area (Å²) in [4.78, 5) is 13.5. The average Bonchev–Trinajstić information content (AvgIpc) is 3.18. The molecule has 0 bridgehead atoms. The van der Waals surface area contributed by atoms with Gasteiger partial charge in [-0.2, -0.15) is 13.2 Å². The Kier molecular flexibility index (Phi) is 6.58. The maximum atomic E-state index is 12.8. The molecule has 0 aliphatic heterocycles. The van der Waals surface area contributed by atoms with E-state index in [2.05, 4.69) is 14.4 Å². The van der Waals surface area contributed by atoms with Crippen molar-refractivity contribution in [2.45, 2.75) is 41.6 Å². The lowest BCUT2D eigenvalue weighted by molar-refractivity contribution is -0.155. The third-order valence-corrected chi connectivity index (χ3v) is 8.61. The fourth-order valence-electron chi connectivity index (χ4n) is 3.48. The summed E-state index contributed by atoms with van der Waals surface area (Å²) in [5.74, 6) is -1.15. The van der Waals surface area contributed by atoms with Gasteiger partial charge in [0.05, 0.1) is 4.88 Å². The monoisotopic (exact) mass is 513 g/mol. The molecule has 12 heteroatoms. The van der Waals surface area contributed by atoms with Crippen LogP contribution in [0.1, 0.15) is 35.6 Å². The molecule has 1 aliphatic rings. The van der Waals surface area contributed by atoms with Crippen LogP contribution in [0.3, 0.4) is 0 Å². The summed E-state index contributed by atoms with van der Waals surface area (Å²) in [6.07, 6.45) is -2.96. The largest absolute Gasteiger partial charge is 0.452 e. The zero-order valence-electron chi connectivity index (χ0n) is 18.3. The molecule has 182 valence electrons. The topological polar surface area (TPSA) is 92.5 Å². The van der Waals surface area contributed by atoms with Gasteiger partial charge < -0.3 is 9.42 Å². The van der Waals surface area contributed by atoms with E-state index in [1.54, 1.807) is 19.0 Å². The summed E-state index contributed by atoms with van der Waals surface area (Å²) in [6, 6.07) is 11.0. The van der Waals surface area contributed by atoms with Crippen LogP contribution in [0, 0.1) is 0 Å². The van der Waals surface area contributed by atoms with Crippen LogP contribution in [0.15, 0.2) is 51.2 Å². The second kappa shape index (κ2) is 9.16. The first-order valence-corrected chi connectivity index (χ1v) is 12.7. The summed E-state index contributed by atoms with van der Waals surface area (Å²) >= 11 is 0.824. The summed E-state index contributed by atoms with van der Waals surface area (Å²) in [5.41, 5.74) is 1.96. The predicted molar refractivity (Wildman–Crippen MR) is 120 cm³/mol. The summed E-state index contributed by atoms with van der Waals surface area (Å²) in [5, 5.41) is 3.39. The van der Waals surface area contributed by atoms with E-state index >= 15 is 0 Å². The van der Waals surface area contributed by atoms with Gasteiger partial charge in [0.25, 0.3) is 0 Å². The van der Waals surface area contributed by atoms with Crippen LogP contribution in [-0.2, 0) is 27.4 Å². The third-order valence-electron chi connectivity index (χ3n) is 5.52.